The first kappa shape index (κ1) is 24.3. The Morgan fingerprint density at radius 3 is 1.78 bits per heavy atom. The van der Waals surface area contributed by atoms with E-state index < -0.39 is 35.3 Å². The lowest BCUT2D eigenvalue weighted by molar-refractivity contribution is -1.03. The van der Waals surface area contributed by atoms with Crippen molar-refractivity contribution in [2.45, 2.75) is 44.4 Å². The Kier molecular flexibility index (Phi) is 8.38. The molecule has 0 aliphatic heterocycles. The van der Waals surface area contributed by atoms with Gasteiger partial charge in [-0.2, -0.15) is 8.42 Å². The second kappa shape index (κ2) is 11.0. The van der Waals surface area contributed by atoms with Gasteiger partial charge in [0.15, 0.2) is 7.14 Å². The topological polar surface area (TPSA) is 86.5 Å². The van der Waals surface area contributed by atoms with Crippen molar-refractivity contribution in [2.75, 3.05) is 0 Å². The van der Waals surface area contributed by atoms with Crippen molar-refractivity contribution in [3.05, 3.63) is 101 Å². The highest BCUT2D eigenvalue weighted by atomic mass is 127. The van der Waals surface area contributed by atoms with Gasteiger partial charge in [-0.1, -0.05) is 57.0 Å². The van der Waals surface area contributed by atoms with Gasteiger partial charge in [0, 0.05) is 12.1 Å². The van der Waals surface area contributed by atoms with Crippen LogP contribution < -0.4 is 20.2 Å². The number of nitro groups is 1. The zero-order valence-corrected chi connectivity index (χ0v) is 21.0. The minimum Gasteiger partial charge on any atom is -0.258 e. The largest absolute Gasteiger partial charge is 0.336 e. The number of aryl methyl sites for hydroxylation is 2. The average molecular weight is 567 g/mol. The summed E-state index contributed by atoms with van der Waals surface area (Å²) in [6.45, 7) is 4.22. The molecule has 6 nitrogen and oxygen atoms in total. The molecule has 0 saturated heterocycles. The SMILES string of the molecule is CCCc1ccc([I+](OS(=O)(=O)c2cccc([N+](=O)[O-])c2)c2ccc(CCC)cc2)cc1. The third-order valence-electron chi connectivity index (χ3n) is 4.76. The molecule has 0 N–H and O–H groups in total. The van der Waals surface area contributed by atoms with Crippen LogP contribution in [0.25, 0.3) is 0 Å². The number of non-ortho nitro benzene ring substituents is 1. The van der Waals surface area contributed by atoms with Crippen molar-refractivity contribution in [1.82, 2.24) is 0 Å². The molecule has 0 fully saturated rings. The van der Waals surface area contributed by atoms with Crippen LogP contribution in [-0.4, -0.2) is 13.3 Å². The monoisotopic (exact) mass is 567 g/mol. The second-order valence-electron chi connectivity index (χ2n) is 7.27. The average Bonchev–Trinajstić information content (AvgIpc) is 2.79. The highest BCUT2D eigenvalue weighted by Crippen LogP contribution is 2.18. The van der Waals surface area contributed by atoms with Crippen LogP contribution in [-0.2, 0) is 25.5 Å². The van der Waals surface area contributed by atoms with Gasteiger partial charge in [0.2, 0.25) is 0 Å². The molecule has 32 heavy (non-hydrogen) atoms. The standard InChI is InChI=1S/C24H26INO5S/c1-3-6-19-10-14-21(15-11-19)25(22-16-12-20(7-4-2)13-17-22)31-32(29,30)24-9-5-8-23(18-24)26(27)28/h5,8-18H,3-4,6-7H2,1-2H3/q+1. The Hall–Kier alpha value is -2.30. The molecule has 169 valence electrons. The van der Waals surface area contributed by atoms with E-state index in [1.165, 1.54) is 29.3 Å². The van der Waals surface area contributed by atoms with E-state index in [0.29, 0.717) is 0 Å². The summed E-state index contributed by atoms with van der Waals surface area (Å²) in [5.74, 6) is 0. The number of halogens is 1. The number of benzene rings is 3. The summed E-state index contributed by atoms with van der Waals surface area (Å²) in [5, 5.41) is 11.1. The summed E-state index contributed by atoms with van der Waals surface area (Å²) in [4.78, 5) is 10.3. The molecule has 0 saturated carbocycles. The van der Waals surface area contributed by atoms with Gasteiger partial charge in [-0.25, -0.2) is 0 Å². The van der Waals surface area contributed by atoms with E-state index in [9.17, 15) is 18.5 Å². The van der Waals surface area contributed by atoms with Crippen molar-refractivity contribution in [1.29, 1.82) is 0 Å². The zero-order valence-electron chi connectivity index (χ0n) is 18.0. The van der Waals surface area contributed by atoms with E-state index in [-0.39, 0.29) is 10.6 Å². The number of hydrogen-bond acceptors (Lipinski definition) is 5. The normalized spacial score (nSPS) is 11.6. The fourth-order valence-electron chi connectivity index (χ4n) is 3.18. The summed E-state index contributed by atoms with van der Waals surface area (Å²) in [7, 11) is -4.19. The van der Waals surface area contributed by atoms with Crippen molar-refractivity contribution in [3.8, 4) is 0 Å². The van der Waals surface area contributed by atoms with Crippen molar-refractivity contribution in [2.24, 2.45) is 0 Å². The highest BCUT2D eigenvalue weighted by Gasteiger charge is 2.38. The Bertz CT molecular complexity index is 1110. The lowest BCUT2D eigenvalue weighted by Gasteiger charge is -2.08. The molecule has 3 aromatic carbocycles. The smallest absolute Gasteiger partial charge is 0.258 e. The van der Waals surface area contributed by atoms with E-state index in [2.05, 4.69) is 13.8 Å². The Labute approximate surface area is 196 Å². The van der Waals surface area contributed by atoms with Crippen LogP contribution in [0.1, 0.15) is 37.8 Å². The third kappa shape index (κ3) is 6.14. The summed E-state index contributed by atoms with van der Waals surface area (Å²) >= 11 is -2.85. The van der Waals surface area contributed by atoms with Crippen LogP contribution in [0.4, 0.5) is 5.69 Å². The Balaban J connectivity index is 1.99. The number of nitrogens with zero attached hydrogens (tertiary/aromatic N) is 1. The fraction of sp³-hybridized carbons (Fsp3) is 0.250. The van der Waals surface area contributed by atoms with E-state index in [1.54, 1.807) is 0 Å². The van der Waals surface area contributed by atoms with Gasteiger partial charge in [-0.15, -0.1) is 0 Å². The van der Waals surface area contributed by atoms with Crippen LogP contribution >= 0.6 is 0 Å². The lowest BCUT2D eigenvalue weighted by atomic mass is 10.1. The quantitative estimate of drug-likeness (QED) is 0.214. The first-order valence-electron chi connectivity index (χ1n) is 10.4. The molecule has 0 heterocycles. The molecule has 0 atom stereocenters. The van der Waals surface area contributed by atoms with Gasteiger partial charge in [0.25, 0.3) is 5.69 Å². The van der Waals surface area contributed by atoms with Crippen LogP contribution in [0.2, 0.25) is 0 Å². The molecular formula is C24H26INO5S+. The summed E-state index contributed by atoms with van der Waals surface area (Å²) < 4.78 is 33.7. The van der Waals surface area contributed by atoms with Crippen molar-refractivity contribution in [3.63, 3.8) is 0 Å². The molecular weight excluding hydrogens is 541 g/mol. The first-order valence-corrected chi connectivity index (χ1v) is 14.9. The van der Waals surface area contributed by atoms with E-state index in [0.717, 1.165) is 38.9 Å². The van der Waals surface area contributed by atoms with Crippen LogP contribution in [0, 0.1) is 17.3 Å². The van der Waals surface area contributed by atoms with Gasteiger partial charge in [0.05, 0.1) is 4.92 Å². The number of hydrogen-bond donors (Lipinski definition) is 0. The summed E-state index contributed by atoms with van der Waals surface area (Å²) in [5.41, 5.74) is 2.08. The molecule has 3 aromatic rings. The van der Waals surface area contributed by atoms with E-state index in [1.807, 2.05) is 48.5 Å². The van der Waals surface area contributed by atoms with Gasteiger partial charge in [-0.05, 0) is 56.8 Å². The fourth-order valence-corrected chi connectivity index (χ4v) is 10.1. The second-order valence-corrected chi connectivity index (χ2v) is 13.8. The molecule has 8 heteroatoms. The van der Waals surface area contributed by atoms with Crippen LogP contribution in [0.15, 0.2) is 77.7 Å². The predicted molar refractivity (Wildman–Crippen MR) is 120 cm³/mol. The minimum absolute atomic E-state index is 0.209. The maximum atomic E-state index is 13.1. The zero-order chi connectivity index (χ0) is 23.1. The molecule has 0 aliphatic rings. The molecule has 3 rings (SSSR count). The summed E-state index contributed by atoms with van der Waals surface area (Å²) in [6, 6.07) is 20.8. The molecule has 0 unspecified atom stereocenters. The molecule has 0 amide bonds. The molecule has 0 spiro atoms. The van der Waals surface area contributed by atoms with E-state index >= 15 is 0 Å². The number of rotatable bonds is 10. The van der Waals surface area contributed by atoms with Gasteiger partial charge >= 0.3 is 30.4 Å². The lowest BCUT2D eigenvalue weighted by Crippen LogP contribution is -3.85. The minimum atomic E-state index is -4.19. The highest BCUT2D eigenvalue weighted by molar-refractivity contribution is 7.86. The van der Waals surface area contributed by atoms with Gasteiger partial charge in [-0.3, -0.25) is 10.1 Å². The van der Waals surface area contributed by atoms with Crippen LogP contribution in [0.3, 0.4) is 0 Å². The first-order chi connectivity index (χ1) is 15.3. The molecule has 0 aromatic heterocycles. The molecule has 1 radical (unpaired) electrons. The van der Waals surface area contributed by atoms with E-state index in [4.69, 9.17) is 2.51 Å². The maximum Gasteiger partial charge on any atom is 0.336 e. The summed E-state index contributed by atoms with van der Waals surface area (Å²) in [6.07, 6.45) is 3.95. The van der Waals surface area contributed by atoms with Gasteiger partial charge in [0.1, 0.15) is 4.90 Å². The third-order valence-corrected chi connectivity index (χ3v) is 12.1. The molecule has 0 bridgehead atoms. The van der Waals surface area contributed by atoms with Crippen LogP contribution in [0.5, 0.6) is 0 Å². The van der Waals surface area contributed by atoms with Crippen molar-refractivity contribution < 1.29 is 36.1 Å². The van der Waals surface area contributed by atoms with Gasteiger partial charge < -0.3 is 0 Å². The maximum absolute atomic E-state index is 13.1. The predicted octanol–water partition coefficient (Wildman–Crippen LogP) is 2.48. The Morgan fingerprint density at radius 2 is 1.34 bits per heavy atom. The molecule has 0 aliphatic carbocycles. The Morgan fingerprint density at radius 1 is 0.844 bits per heavy atom. The number of nitro benzene ring substituents is 1. The van der Waals surface area contributed by atoms with Crippen molar-refractivity contribution >= 4 is 15.8 Å².